The van der Waals surface area contributed by atoms with E-state index in [4.69, 9.17) is 4.74 Å². The molecular weight excluding hydrogens is 270 g/mol. The minimum Gasteiger partial charge on any atom is -0.448 e. The van der Waals surface area contributed by atoms with Crippen LogP contribution in [0, 0.1) is 0 Å². The number of benzene rings is 1. The molecule has 2 heterocycles. The zero-order chi connectivity index (χ0) is 12.7. The van der Waals surface area contributed by atoms with E-state index in [0.717, 1.165) is 17.4 Å². The molecule has 0 N–H and O–H groups in total. The van der Waals surface area contributed by atoms with Gasteiger partial charge >= 0.3 is 0 Å². The molecule has 6 heteroatoms. The Morgan fingerprint density at radius 2 is 2.06 bits per heavy atom. The molecule has 3 rings (SSSR count). The first-order valence-corrected chi connectivity index (χ1v) is 7.09. The van der Waals surface area contributed by atoms with Crippen molar-refractivity contribution in [2.75, 3.05) is 17.7 Å². The topological polar surface area (TPSA) is 46.6 Å². The minimum atomic E-state index is -0.210. The van der Waals surface area contributed by atoms with Crippen LogP contribution in [0.2, 0.25) is 0 Å². The van der Waals surface area contributed by atoms with Crippen LogP contribution in [0.3, 0.4) is 0 Å². The summed E-state index contributed by atoms with van der Waals surface area (Å²) in [5.74, 6) is 1.09. The maximum absolute atomic E-state index is 12.2. The Morgan fingerprint density at radius 3 is 2.78 bits per heavy atom. The number of nitrogens with zero attached hydrogens (tertiary/aromatic N) is 1. The van der Waals surface area contributed by atoms with E-state index >= 15 is 0 Å². The molecule has 1 amide bonds. The Kier molecular flexibility index (Phi) is 2.83. The Labute approximate surface area is 112 Å². The van der Waals surface area contributed by atoms with Crippen molar-refractivity contribution >= 4 is 40.2 Å². The quantitative estimate of drug-likeness (QED) is 0.681. The van der Waals surface area contributed by atoms with Gasteiger partial charge in [0.25, 0.3) is 5.91 Å². The number of para-hydroxylation sites is 2. The first-order chi connectivity index (χ1) is 8.66. The third kappa shape index (κ3) is 1.81. The molecule has 0 saturated carbocycles. The Morgan fingerprint density at radius 1 is 1.28 bits per heavy atom. The van der Waals surface area contributed by atoms with Crippen molar-refractivity contribution in [1.29, 1.82) is 0 Å². The fraction of sp³-hybridized carbons (Fsp3) is 0.167. The van der Waals surface area contributed by atoms with E-state index in [1.54, 1.807) is 11.9 Å². The van der Waals surface area contributed by atoms with Crippen LogP contribution in [-0.4, -0.2) is 23.8 Å². The van der Waals surface area contributed by atoms with Gasteiger partial charge in [-0.15, -0.1) is 11.8 Å². The lowest BCUT2D eigenvalue weighted by Gasteiger charge is -2.27. The number of anilines is 1. The zero-order valence-electron chi connectivity index (χ0n) is 9.50. The van der Waals surface area contributed by atoms with Gasteiger partial charge in [-0.25, -0.2) is 0 Å². The molecule has 18 heavy (non-hydrogen) atoms. The molecule has 1 saturated heterocycles. The van der Waals surface area contributed by atoms with E-state index in [-0.39, 0.29) is 16.8 Å². The van der Waals surface area contributed by atoms with Crippen molar-refractivity contribution in [2.45, 2.75) is 0 Å². The van der Waals surface area contributed by atoms with E-state index in [0.29, 0.717) is 15.7 Å². The van der Waals surface area contributed by atoms with Crippen molar-refractivity contribution in [3.63, 3.8) is 0 Å². The average molecular weight is 279 g/mol. The number of amides is 1. The van der Waals surface area contributed by atoms with Gasteiger partial charge in [-0.05, 0) is 23.9 Å². The van der Waals surface area contributed by atoms with Crippen molar-refractivity contribution < 1.29 is 14.3 Å². The van der Waals surface area contributed by atoms with Gasteiger partial charge in [0.15, 0.2) is 5.75 Å². The summed E-state index contributed by atoms with van der Waals surface area (Å²) >= 11 is 2.44. The van der Waals surface area contributed by atoms with Crippen LogP contribution in [0.5, 0.6) is 5.75 Å². The molecule has 1 fully saturated rings. The number of carbonyl (C=O) groups excluding carboxylic acids is 2. The van der Waals surface area contributed by atoms with E-state index in [1.165, 1.54) is 11.8 Å². The Balaban J connectivity index is 2.06. The summed E-state index contributed by atoms with van der Waals surface area (Å²) in [5.41, 5.74) is 0.742. The van der Waals surface area contributed by atoms with Gasteiger partial charge in [0, 0.05) is 7.05 Å². The van der Waals surface area contributed by atoms with Gasteiger partial charge in [0.05, 0.1) is 15.7 Å². The number of rotatable bonds is 0. The van der Waals surface area contributed by atoms with Crippen LogP contribution in [0.1, 0.15) is 0 Å². The molecule has 0 bridgehead atoms. The molecule has 0 aliphatic carbocycles. The van der Waals surface area contributed by atoms with Crippen molar-refractivity contribution in [3.8, 4) is 5.75 Å². The zero-order valence-corrected chi connectivity index (χ0v) is 11.1. The molecule has 0 radical (unpaired) electrons. The van der Waals surface area contributed by atoms with E-state index < -0.39 is 0 Å². The summed E-state index contributed by atoms with van der Waals surface area (Å²) in [6.45, 7) is 0. The number of hydrogen-bond donors (Lipinski definition) is 0. The summed E-state index contributed by atoms with van der Waals surface area (Å²) in [4.78, 5) is 25.0. The van der Waals surface area contributed by atoms with Gasteiger partial charge in [0.2, 0.25) is 10.9 Å². The standard InChI is InChI=1S/C12H9NO3S2/c1-13-7-4-2-3-5-8(7)16-10(11(13)15)12-17-6-9(14)18-12/h2-5H,6H2,1H3/b12-10+. The third-order valence-corrected chi connectivity index (χ3v) is 5.03. The highest BCUT2D eigenvalue weighted by atomic mass is 32.2. The van der Waals surface area contributed by atoms with Crippen molar-refractivity contribution in [3.05, 3.63) is 34.3 Å². The molecule has 1 aromatic rings. The molecule has 0 aromatic heterocycles. The Bertz CT molecular complexity index is 582. The first kappa shape index (κ1) is 11.7. The van der Waals surface area contributed by atoms with Gasteiger partial charge in [-0.1, -0.05) is 12.1 Å². The second-order valence-electron chi connectivity index (χ2n) is 3.81. The van der Waals surface area contributed by atoms with Crippen molar-refractivity contribution in [2.24, 2.45) is 0 Å². The summed E-state index contributed by atoms with van der Waals surface area (Å²) in [6.07, 6.45) is 0. The lowest BCUT2D eigenvalue weighted by molar-refractivity contribution is -0.117. The van der Waals surface area contributed by atoms with E-state index in [1.807, 2.05) is 24.3 Å². The minimum absolute atomic E-state index is 0.0559. The predicted octanol–water partition coefficient (Wildman–Crippen LogP) is 2.22. The fourth-order valence-electron chi connectivity index (χ4n) is 1.76. The number of hydrogen-bond acceptors (Lipinski definition) is 5. The van der Waals surface area contributed by atoms with Gasteiger partial charge in [-0.2, -0.15) is 0 Å². The number of thioether (sulfide) groups is 2. The normalized spacial score (nSPS) is 23.1. The van der Waals surface area contributed by atoms with Gasteiger partial charge in [-0.3, -0.25) is 9.59 Å². The van der Waals surface area contributed by atoms with E-state index in [2.05, 4.69) is 0 Å². The molecule has 2 aliphatic rings. The number of fused-ring (bicyclic) bond motifs is 1. The number of likely N-dealkylation sites (N-methyl/N-ethyl adjacent to an activating group) is 1. The molecule has 4 nitrogen and oxygen atoms in total. The van der Waals surface area contributed by atoms with Crippen LogP contribution in [-0.2, 0) is 9.59 Å². The molecule has 0 spiro atoms. The monoisotopic (exact) mass is 279 g/mol. The fourth-order valence-corrected chi connectivity index (χ4v) is 3.80. The van der Waals surface area contributed by atoms with Gasteiger partial charge in [0.1, 0.15) is 0 Å². The molecule has 2 aliphatic heterocycles. The summed E-state index contributed by atoms with van der Waals surface area (Å²) in [5, 5.41) is 0.0559. The van der Waals surface area contributed by atoms with E-state index in [9.17, 15) is 9.59 Å². The predicted molar refractivity (Wildman–Crippen MR) is 72.6 cm³/mol. The molecule has 1 aromatic carbocycles. The second kappa shape index (κ2) is 4.37. The van der Waals surface area contributed by atoms with Crippen LogP contribution < -0.4 is 9.64 Å². The molecular formula is C12H9NO3S2. The highest BCUT2D eigenvalue weighted by Gasteiger charge is 2.33. The second-order valence-corrected chi connectivity index (χ2v) is 6.13. The third-order valence-electron chi connectivity index (χ3n) is 2.65. The van der Waals surface area contributed by atoms with Crippen LogP contribution in [0.4, 0.5) is 5.69 Å². The number of ether oxygens (including phenoxy) is 1. The van der Waals surface area contributed by atoms with Crippen LogP contribution in [0.25, 0.3) is 0 Å². The van der Waals surface area contributed by atoms with Crippen LogP contribution in [0.15, 0.2) is 34.3 Å². The first-order valence-electron chi connectivity index (χ1n) is 5.29. The summed E-state index contributed by atoms with van der Waals surface area (Å²) < 4.78 is 6.30. The van der Waals surface area contributed by atoms with Gasteiger partial charge < -0.3 is 9.64 Å². The summed E-state index contributed by atoms with van der Waals surface area (Å²) in [6, 6.07) is 7.34. The molecule has 0 unspecified atom stereocenters. The molecule has 92 valence electrons. The number of carbonyl (C=O) groups is 2. The lowest BCUT2D eigenvalue weighted by Crippen LogP contribution is -2.34. The molecule has 0 atom stereocenters. The smallest absolute Gasteiger partial charge is 0.295 e. The average Bonchev–Trinajstić information content (AvgIpc) is 2.80. The lowest BCUT2D eigenvalue weighted by atomic mass is 10.2. The van der Waals surface area contributed by atoms with Crippen LogP contribution >= 0.6 is 23.5 Å². The largest absolute Gasteiger partial charge is 0.448 e. The highest BCUT2D eigenvalue weighted by Crippen LogP contribution is 2.43. The highest BCUT2D eigenvalue weighted by molar-refractivity contribution is 8.34. The SMILES string of the molecule is CN1C(=O)/C(=C2/SCC(=O)S2)Oc2ccccc21. The van der Waals surface area contributed by atoms with Crippen molar-refractivity contribution in [1.82, 2.24) is 0 Å². The Hall–Kier alpha value is -1.40. The maximum atomic E-state index is 12.2. The maximum Gasteiger partial charge on any atom is 0.295 e. The summed E-state index contributed by atoms with van der Waals surface area (Å²) in [7, 11) is 1.70.